The molecule has 8 heteroatoms. The standard InChI is InChI=1S/C21H26N4O3S/c1-11-7-8-16(26)13(9-11)14-10-15(25-24-14)19(27)23-21-18(20(28)22-2)12-5-3-4-6-17(12)29-21/h7-9,14-15,24-26H,3-6,10H2,1-2H3,(H,22,28)(H,23,27). The summed E-state index contributed by atoms with van der Waals surface area (Å²) < 4.78 is 0. The lowest BCUT2D eigenvalue weighted by molar-refractivity contribution is -0.117. The van der Waals surface area contributed by atoms with E-state index in [4.69, 9.17) is 0 Å². The molecular formula is C21H26N4O3S. The summed E-state index contributed by atoms with van der Waals surface area (Å²) in [6.07, 6.45) is 4.52. The topological polar surface area (TPSA) is 102 Å². The molecule has 2 aliphatic rings. The number of thiophene rings is 1. The van der Waals surface area contributed by atoms with Crippen LogP contribution in [0.3, 0.4) is 0 Å². The molecule has 1 fully saturated rings. The molecule has 2 unspecified atom stereocenters. The first-order valence-corrected chi connectivity index (χ1v) is 10.8. The molecule has 1 aromatic carbocycles. The van der Waals surface area contributed by atoms with E-state index in [0.717, 1.165) is 42.4 Å². The number of nitrogens with one attached hydrogen (secondary N) is 4. The van der Waals surface area contributed by atoms with Gasteiger partial charge in [0.15, 0.2) is 0 Å². The van der Waals surface area contributed by atoms with Crippen molar-refractivity contribution in [3.63, 3.8) is 0 Å². The number of aromatic hydroxyl groups is 1. The molecule has 2 heterocycles. The summed E-state index contributed by atoms with van der Waals surface area (Å²) >= 11 is 1.51. The number of fused-ring (bicyclic) bond motifs is 1. The minimum Gasteiger partial charge on any atom is -0.508 e. The van der Waals surface area contributed by atoms with Crippen LogP contribution in [0.1, 0.15) is 57.2 Å². The normalized spacial score (nSPS) is 20.9. The van der Waals surface area contributed by atoms with Gasteiger partial charge in [-0.25, -0.2) is 10.9 Å². The van der Waals surface area contributed by atoms with E-state index >= 15 is 0 Å². The van der Waals surface area contributed by atoms with Gasteiger partial charge in [0.05, 0.1) is 11.6 Å². The second-order valence-corrected chi connectivity index (χ2v) is 8.78. The molecule has 2 amide bonds. The van der Waals surface area contributed by atoms with Crippen molar-refractivity contribution >= 4 is 28.2 Å². The average molecular weight is 415 g/mol. The lowest BCUT2D eigenvalue weighted by Crippen LogP contribution is -2.39. The summed E-state index contributed by atoms with van der Waals surface area (Å²) in [4.78, 5) is 26.6. The van der Waals surface area contributed by atoms with Crippen LogP contribution in [0.4, 0.5) is 5.00 Å². The first-order chi connectivity index (χ1) is 14.0. The molecule has 154 valence electrons. The van der Waals surface area contributed by atoms with Crippen molar-refractivity contribution in [1.82, 2.24) is 16.2 Å². The Hall–Kier alpha value is -2.42. The molecule has 1 aliphatic carbocycles. The maximum Gasteiger partial charge on any atom is 0.254 e. The second-order valence-electron chi connectivity index (χ2n) is 7.68. The summed E-state index contributed by atoms with van der Waals surface area (Å²) in [5.41, 5.74) is 9.64. The van der Waals surface area contributed by atoms with E-state index in [1.165, 1.54) is 16.2 Å². The van der Waals surface area contributed by atoms with E-state index in [1.807, 2.05) is 19.1 Å². The van der Waals surface area contributed by atoms with Gasteiger partial charge < -0.3 is 15.7 Å². The number of anilines is 1. The molecule has 1 aliphatic heterocycles. The second kappa shape index (κ2) is 8.14. The van der Waals surface area contributed by atoms with Crippen molar-refractivity contribution in [3.8, 4) is 5.75 Å². The van der Waals surface area contributed by atoms with E-state index in [1.54, 1.807) is 13.1 Å². The Morgan fingerprint density at radius 1 is 1.21 bits per heavy atom. The predicted molar refractivity (Wildman–Crippen MR) is 113 cm³/mol. The van der Waals surface area contributed by atoms with E-state index < -0.39 is 6.04 Å². The number of hydrogen-bond acceptors (Lipinski definition) is 6. The number of carbonyl (C=O) groups is 2. The molecule has 29 heavy (non-hydrogen) atoms. The van der Waals surface area contributed by atoms with Crippen molar-refractivity contribution in [3.05, 3.63) is 45.3 Å². The van der Waals surface area contributed by atoms with Gasteiger partial charge in [0, 0.05) is 17.5 Å². The molecule has 4 rings (SSSR count). The van der Waals surface area contributed by atoms with E-state index in [9.17, 15) is 14.7 Å². The Balaban J connectivity index is 1.51. The molecule has 5 N–H and O–H groups in total. The third-order valence-corrected chi connectivity index (χ3v) is 6.85. The maximum absolute atomic E-state index is 12.9. The minimum atomic E-state index is -0.462. The highest BCUT2D eigenvalue weighted by molar-refractivity contribution is 7.17. The molecule has 2 aromatic rings. The van der Waals surface area contributed by atoms with Crippen LogP contribution < -0.4 is 21.5 Å². The number of rotatable bonds is 4. The van der Waals surface area contributed by atoms with Crippen molar-refractivity contribution in [2.75, 3.05) is 12.4 Å². The molecule has 0 radical (unpaired) electrons. The number of phenolic OH excluding ortho intramolecular Hbond substituents is 1. The lowest BCUT2D eigenvalue weighted by atomic mass is 9.95. The van der Waals surface area contributed by atoms with Crippen molar-refractivity contribution in [1.29, 1.82) is 0 Å². The summed E-state index contributed by atoms with van der Waals surface area (Å²) in [6.45, 7) is 1.97. The van der Waals surface area contributed by atoms with Gasteiger partial charge in [-0.2, -0.15) is 0 Å². The first-order valence-electron chi connectivity index (χ1n) is 9.96. The molecule has 0 spiro atoms. The lowest BCUT2D eigenvalue weighted by Gasteiger charge is -2.13. The van der Waals surface area contributed by atoms with E-state index in [0.29, 0.717) is 17.0 Å². The fourth-order valence-corrected chi connectivity index (χ4v) is 5.39. The van der Waals surface area contributed by atoms with E-state index in [2.05, 4.69) is 21.5 Å². The molecular weight excluding hydrogens is 388 g/mol. The van der Waals surface area contributed by atoms with Crippen molar-refractivity contribution in [2.45, 2.75) is 51.1 Å². The first kappa shape index (κ1) is 19.9. The third kappa shape index (κ3) is 3.88. The highest BCUT2D eigenvalue weighted by Gasteiger charge is 2.33. The number of carbonyl (C=O) groups excluding carboxylic acids is 2. The SMILES string of the molecule is CNC(=O)c1c(NC(=O)C2CC(c3cc(C)ccc3O)NN2)sc2c1CCCC2. The molecule has 0 saturated carbocycles. The molecule has 2 atom stereocenters. The highest BCUT2D eigenvalue weighted by atomic mass is 32.1. The third-order valence-electron chi connectivity index (χ3n) is 5.64. The Morgan fingerprint density at radius 3 is 2.79 bits per heavy atom. The number of aryl methyl sites for hydroxylation is 2. The van der Waals surface area contributed by atoms with Gasteiger partial charge in [0.2, 0.25) is 5.91 Å². The zero-order valence-corrected chi connectivity index (χ0v) is 17.4. The zero-order valence-electron chi connectivity index (χ0n) is 16.6. The van der Waals surface area contributed by atoms with E-state index in [-0.39, 0.29) is 23.6 Å². The molecule has 1 aromatic heterocycles. The Kier molecular flexibility index (Phi) is 5.58. The van der Waals surface area contributed by atoms with Crippen LogP contribution in [0.25, 0.3) is 0 Å². The highest BCUT2D eigenvalue weighted by Crippen LogP contribution is 2.38. The van der Waals surface area contributed by atoms with Crippen LogP contribution in [0, 0.1) is 6.92 Å². The van der Waals surface area contributed by atoms with Gasteiger partial charge in [0.1, 0.15) is 16.8 Å². The van der Waals surface area contributed by atoms with Crippen LogP contribution in [0.2, 0.25) is 0 Å². The number of benzene rings is 1. The van der Waals surface area contributed by atoms with Gasteiger partial charge in [-0.3, -0.25) is 9.59 Å². The number of phenols is 1. The average Bonchev–Trinajstić information content (AvgIpc) is 3.34. The van der Waals surface area contributed by atoms with Crippen LogP contribution in [-0.4, -0.2) is 30.0 Å². The number of hydrogen-bond donors (Lipinski definition) is 5. The van der Waals surface area contributed by atoms with Crippen molar-refractivity contribution < 1.29 is 14.7 Å². The van der Waals surface area contributed by atoms with Crippen LogP contribution in [0.5, 0.6) is 5.75 Å². The molecule has 7 nitrogen and oxygen atoms in total. The quantitative estimate of drug-likeness (QED) is 0.529. The fourth-order valence-electron chi connectivity index (χ4n) is 4.10. The molecule has 0 bridgehead atoms. The smallest absolute Gasteiger partial charge is 0.254 e. The van der Waals surface area contributed by atoms with Crippen LogP contribution >= 0.6 is 11.3 Å². The number of hydrazine groups is 1. The summed E-state index contributed by atoms with van der Waals surface area (Å²) in [5.74, 6) is -0.126. The number of amides is 2. The Morgan fingerprint density at radius 2 is 2.00 bits per heavy atom. The Labute approximate surface area is 173 Å². The van der Waals surface area contributed by atoms with Crippen LogP contribution in [0.15, 0.2) is 18.2 Å². The van der Waals surface area contributed by atoms with Crippen LogP contribution in [-0.2, 0) is 17.6 Å². The van der Waals surface area contributed by atoms with Gasteiger partial charge in [-0.05, 0) is 50.7 Å². The summed E-state index contributed by atoms with van der Waals surface area (Å²) in [7, 11) is 1.61. The van der Waals surface area contributed by atoms with Gasteiger partial charge in [-0.15, -0.1) is 11.3 Å². The summed E-state index contributed by atoms with van der Waals surface area (Å²) in [6, 6.07) is 4.82. The monoisotopic (exact) mass is 414 g/mol. The minimum absolute atomic E-state index is 0.153. The summed E-state index contributed by atoms with van der Waals surface area (Å²) in [5, 5.41) is 16.5. The molecule has 1 saturated heterocycles. The zero-order chi connectivity index (χ0) is 20.5. The van der Waals surface area contributed by atoms with Crippen molar-refractivity contribution in [2.24, 2.45) is 0 Å². The Bertz CT molecular complexity index is 956. The van der Waals surface area contributed by atoms with Gasteiger partial charge >= 0.3 is 0 Å². The largest absolute Gasteiger partial charge is 0.508 e. The fraction of sp³-hybridized carbons (Fsp3) is 0.429. The van der Waals surface area contributed by atoms with Gasteiger partial charge in [0.25, 0.3) is 5.91 Å². The maximum atomic E-state index is 12.9. The predicted octanol–water partition coefficient (Wildman–Crippen LogP) is 2.55. The van der Waals surface area contributed by atoms with Gasteiger partial charge in [-0.1, -0.05) is 17.7 Å².